The molecule has 1 aromatic carbocycles. The third-order valence-corrected chi connectivity index (χ3v) is 1.77. The molecule has 0 aliphatic rings. The molecule has 0 atom stereocenters. The van der Waals surface area contributed by atoms with E-state index in [9.17, 15) is 4.39 Å². The second-order valence-corrected chi connectivity index (χ2v) is 4.24. The lowest BCUT2D eigenvalue weighted by atomic mass is 10.1. The van der Waals surface area contributed by atoms with E-state index in [2.05, 4.69) is 0 Å². The summed E-state index contributed by atoms with van der Waals surface area (Å²) in [6, 6.07) is 4.30. The Labute approximate surface area is 83.9 Å². The van der Waals surface area contributed by atoms with Crippen molar-refractivity contribution in [2.45, 2.75) is 33.0 Å². The molecular formula is C11H16FNO. The Kier molecular flexibility index (Phi) is 3.11. The lowest BCUT2D eigenvalue weighted by Crippen LogP contribution is -2.19. The highest BCUT2D eigenvalue weighted by Gasteiger charge is 2.11. The number of nitrogens with two attached hydrogens (primary N) is 1. The molecule has 1 rings (SSSR count). The zero-order chi connectivity index (χ0) is 10.8. The lowest BCUT2D eigenvalue weighted by Gasteiger charge is -2.20. The quantitative estimate of drug-likeness (QED) is 0.740. The molecule has 0 heterocycles. The number of ether oxygens (including phenoxy) is 1. The van der Waals surface area contributed by atoms with E-state index >= 15 is 0 Å². The van der Waals surface area contributed by atoms with E-state index in [1.807, 2.05) is 20.8 Å². The molecule has 14 heavy (non-hydrogen) atoms. The van der Waals surface area contributed by atoms with Gasteiger partial charge >= 0.3 is 0 Å². The highest BCUT2D eigenvalue weighted by molar-refractivity contribution is 5.46. The van der Waals surface area contributed by atoms with Crippen LogP contribution in [0.15, 0.2) is 18.2 Å². The summed E-state index contributed by atoms with van der Waals surface area (Å²) in [6.45, 7) is 6.18. The maximum Gasteiger partial charge on any atom is 0.123 e. The van der Waals surface area contributed by atoms with Crippen molar-refractivity contribution in [1.82, 2.24) is 0 Å². The van der Waals surface area contributed by atoms with Crippen LogP contribution in [0.1, 0.15) is 26.3 Å². The van der Waals surface area contributed by atoms with Gasteiger partial charge in [0.1, 0.15) is 5.82 Å². The fourth-order valence-electron chi connectivity index (χ4n) is 0.994. The average Bonchev–Trinajstić information content (AvgIpc) is 2.05. The van der Waals surface area contributed by atoms with Gasteiger partial charge in [-0.25, -0.2) is 4.39 Å². The first-order valence-electron chi connectivity index (χ1n) is 4.56. The van der Waals surface area contributed by atoms with Crippen LogP contribution in [0.4, 0.5) is 10.1 Å². The van der Waals surface area contributed by atoms with Gasteiger partial charge < -0.3 is 10.5 Å². The highest BCUT2D eigenvalue weighted by Crippen LogP contribution is 2.17. The van der Waals surface area contributed by atoms with Crippen LogP contribution in [-0.4, -0.2) is 5.60 Å². The molecule has 2 N–H and O–H groups in total. The molecule has 0 spiro atoms. The topological polar surface area (TPSA) is 35.2 Å². The van der Waals surface area contributed by atoms with Crippen molar-refractivity contribution in [3.8, 4) is 0 Å². The van der Waals surface area contributed by atoms with Gasteiger partial charge in [0, 0.05) is 11.3 Å². The van der Waals surface area contributed by atoms with E-state index in [-0.39, 0.29) is 11.4 Å². The number of hydrogen-bond donors (Lipinski definition) is 1. The van der Waals surface area contributed by atoms with E-state index < -0.39 is 0 Å². The number of benzene rings is 1. The number of halogens is 1. The molecular weight excluding hydrogens is 181 g/mol. The summed E-state index contributed by atoms with van der Waals surface area (Å²) in [6.07, 6.45) is 0. The van der Waals surface area contributed by atoms with E-state index in [1.54, 1.807) is 6.07 Å². The maximum absolute atomic E-state index is 12.9. The number of anilines is 1. The molecule has 78 valence electrons. The Morgan fingerprint density at radius 3 is 2.57 bits per heavy atom. The normalized spacial score (nSPS) is 11.7. The molecule has 0 aromatic heterocycles. The van der Waals surface area contributed by atoms with Gasteiger partial charge in [0.05, 0.1) is 12.2 Å². The van der Waals surface area contributed by atoms with Crippen LogP contribution in [0.3, 0.4) is 0 Å². The molecule has 0 bridgehead atoms. The predicted molar refractivity (Wildman–Crippen MR) is 55.4 cm³/mol. The highest BCUT2D eigenvalue weighted by atomic mass is 19.1. The first-order chi connectivity index (χ1) is 6.38. The molecule has 0 fully saturated rings. The van der Waals surface area contributed by atoms with E-state index in [1.165, 1.54) is 12.1 Å². The van der Waals surface area contributed by atoms with Crippen molar-refractivity contribution >= 4 is 5.69 Å². The number of nitrogen functional groups attached to an aromatic ring is 1. The van der Waals surface area contributed by atoms with Gasteiger partial charge in [-0.2, -0.15) is 0 Å². The smallest absolute Gasteiger partial charge is 0.123 e. The van der Waals surface area contributed by atoms with Gasteiger partial charge in [-0.15, -0.1) is 0 Å². The molecule has 0 amide bonds. The molecule has 3 heteroatoms. The Bertz CT molecular complexity index is 318. The van der Waals surface area contributed by atoms with Crippen LogP contribution < -0.4 is 5.73 Å². The molecule has 0 saturated heterocycles. The van der Waals surface area contributed by atoms with Crippen LogP contribution >= 0.6 is 0 Å². The van der Waals surface area contributed by atoms with Crippen LogP contribution in [0.5, 0.6) is 0 Å². The van der Waals surface area contributed by atoms with Crippen molar-refractivity contribution in [3.05, 3.63) is 29.6 Å². The van der Waals surface area contributed by atoms with Crippen molar-refractivity contribution in [2.24, 2.45) is 0 Å². The van der Waals surface area contributed by atoms with Gasteiger partial charge in [0.15, 0.2) is 0 Å². The fourth-order valence-corrected chi connectivity index (χ4v) is 0.994. The van der Waals surface area contributed by atoms with E-state index in [0.29, 0.717) is 17.9 Å². The summed E-state index contributed by atoms with van der Waals surface area (Å²) in [5, 5.41) is 0. The van der Waals surface area contributed by atoms with Gasteiger partial charge in [0.2, 0.25) is 0 Å². The van der Waals surface area contributed by atoms with E-state index in [4.69, 9.17) is 10.5 Å². The third-order valence-electron chi connectivity index (χ3n) is 1.77. The zero-order valence-corrected chi connectivity index (χ0v) is 8.80. The maximum atomic E-state index is 12.9. The first kappa shape index (κ1) is 11.0. The minimum atomic E-state index is -0.285. The summed E-state index contributed by atoms with van der Waals surface area (Å²) in [5.74, 6) is -0.285. The van der Waals surface area contributed by atoms with Crippen molar-refractivity contribution in [1.29, 1.82) is 0 Å². The molecule has 0 aliphatic carbocycles. The molecule has 1 aromatic rings. The molecule has 0 saturated carbocycles. The summed E-state index contributed by atoms with van der Waals surface area (Å²) < 4.78 is 18.4. The average molecular weight is 197 g/mol. The molecule has 0 radical (unpaired) electrons. The number of rotatable bonds is 2. The lowest BCUT2D eigenvalue weighted by molar-refractivity contribution is -0.0147. The summed E-state index contributed by atoms with van der Waals surface area (Å²) in [5.41, 5.74) is 6.69. The standard InChI is InChI=1S/C11H16FNO/c1-11(2,3)14-7-8-6-9(12)4-5-10(8)13/h4-6H,7,13H2,1-3H3. The Morgan fingerprint density at radius 2 is 2.00 bits per heavy atom. The van der Waals surface area contributed by atoms with Crippen LogP contribution in [-0.2, 0) is 11.3 Å². The van der Waals surface area contributed by atoms with Gasteiger partial charge in [-0.1, -0.05) is 0 Å². The van der Waals surface area contributed by atoms with Crippen LogP contribution in [0, 0.1) is 5.82 Å². The monoisotopic (exact) mass is 197 g/mol. The second kappa shape index (κ2) is 3.96. The fraction of sp³-hybridized carbons (Fsp3) is 0.455. The van der Waals surface area contributed by atoms with E-state index in [0.717, 1.165) is 0 Å². The largest absolute Gasteiger partial charge is 0.398 e. The van der Waals surface area contributed by atoms with Gasteiger partial charge in [-0.05, 0) is 39.0 Å². The molecule has 0 unspecified atom stereocenters. The predicted octanol–water partition coefficient (Wildman–Crippen LogP) is 2.72. The van der Waals surface area contributed by atoms with Crippen LogP contribution in [0.25, 0.3) is 0 Å². The Morgan fingerprint density at radius 1 is 1.36 bits per heavy atom. The van der Waals surface area contributed by atoms with Crippen molar-refractivity contribution in [2.75, 3.05) is 5.73 Å². The minimum Gasteiger partial charge on any atom is -0.398 e. The SMILES string of the molecule is CC(C)(C)OCc1cc(F)ccc1N. The molecule has 0 aliphatic heterocycles. The van der Waals surface area contributed by atoms with Gasteiger partial charge in [-0.3, -0.25) is 0 Å². The summed E-state index contributed by atoms with van der Waals surface area (Å²) >= 11 is 0. The summed E-state index contributed by atoms with van der Waals surface area (Å²) in [4.78, 5) is 0. The van der Waals surface area contributed by atoms with Crippen molar-refractivity contribution in [3.63, 3.8) is 0 Å². The minimum absolute atomic E-state index is 0.237. The number of hydrogen-bond acceptors (Lipinski definition) is 2. The third kappa shape index (κ3) is 3.34. The Balaban J connectivity index is 2.72. The van der Waals surface area contributed by atoms with Crippen LogP contribution in [0.2, 0.25) is 0 Å². The zero-order valence-electron chi connectivity index (χ0n) is 8.80. The van der Waals surface area contributed by atoms with Gasteiger partial charge in [0.25, 0.3) is 0 Å². The second-order valence-electron chi connectivity index (χ2n) is 4.24. The molecule has 2 nitrogen and oxygen atoms in total. The Hall–Kier alpha value is -1.09. The summed E-state index contributed by atoms with van der Waals surface area (Å²) in [7, 11) is 0. The first-order valence-corrected chi connectivity index (χ1v) is 4.56. The van der Waals surface area contributed by atoms with Crippen molar-refractivity contribution < 1.29 is 9.13 Å².